The topological polar surface area (TPSA) is 102 Å². The molecule has 2 amide bonds. The van der Waals surface area contributed by atoms with Crippen molar-refractivity contribution in [3.05, 3.63) is 77.5 Å². The number of benzene rings is 2. The Kier molecular flexibility index (Phi) is 5.40. The van der Waals surface area contributed by atoms with Gasteiger partial charge in [0, 0.05) is 16.1 Å². The van der Waals surface area contributed by atoms with E-state index in [-0.39, 0.29) is 18.4 Å². The predicted octanol–water partition coefficient (Wildman–Crippen LogP) is 3.15. The van der Waals surface area contributed by atoms with Crippen LogP contribution in [0.4, 0.5) is 5.69 Å². The number of aromatic nitrogens is 4. The van der Waals surface area contributed by atoms with Crippen LogP contribution in [-0.4, -0.2) is 38.1 Å². The van der Waals surface area contributed by atoms with Crippen LogP contribution in [0.15, 0.2) is 61.2 Å². The van der Waals surface area contributed by atoms with E-state index in [9.17, 15) is 9.59 Å². The maximum Gasteiger partial charge on any atom is 0.253 e. The van der Waals surface area contributed by atoms with Gasteiger partial charge >= 0.3 is 0 Å². The summed E-state index contributed by atoms with van der Waals surface area (Å²) in [5, 5.41) is 10.7. The Labute approximate surface area is 176 Å². The van der Waals surface area contributed by atoms with E-state index in [0.717, 1.165) is 16.6 Å². The van der Waals surface area contributed by atoms with E-state index in [4.69, 9.17) is 11.6 Å². The van der Waals surface area contributed by atoms with E-state index in [1.54, 1.807) is 66.5 Å². The Bertz CT molecular complexity index is 1220. The summed E-state index contributed by atoms with van der Waals surface area (Å²) >= 11 is 6.02. The minimum absolute atomic E-state index is 0.170. The number of carbonyl (C=O) groups is 2. The summed E-state index contributed by atoms with van der Waals surface area (Å²) in [6.45, 7) is 1.58. The molecule has 8 nitrogen and oxygen atoms in total. The van der Waals surface area contributed by atoms with Crippen molar-refractivity contribution in [1.82, 2.24) is 25.1 Å². The molecule has 9 heteroatoms. The first-order valence-corrected chi connectivity index (χ1v) is 9.47. The fraction of sp³-hybridized carbons (Fsp3) is 0.0952. The Morgan fingerprint density at radius 3 is 2.63 bits per heavy atom. The van der Waals surface area contributed by atoms with Gasteiger partial charge in [-0.25, -0.2) is 9.67 Å². The molecule has 2 aromatic heterocycles. The summed E-state index contributed by atoms with van der Waals surface area (Å²) in [5.74, 6) is -0.718. The lowest BCUT2D eigenvalue weighted by Gasteiger charge is -2.10. The third-order valence-corrected chi connectivity index (χ3v) is 4.69. The largest absolute Gasteiger partial charge is 0.343 e. The molecule has 0 fully saturated rings. The van der Waals surface area contributed by atoms with Crippen molar-refractivity contribution in [2.75, 3.05) is 11.9 Å². The molecule has 0 aliphatic heterocycles. The number of nitrogens with one attached hydrogen (secondary N) is 2. The molecular formula is C21H17ClN6O2. The zero-order valence-corrected chi connectivity index (χ0v) is 16.7. The predicted molar refractivity (Wildman–Crippen MR) is 114 cm³/mol. The minimum atomic E-state index is -0.376. The van der Waals surface area contributed by atoms with Crippen LogP contribution in [0.2, 0.25) is 5.02 Å². The van der Waals surface area contributed by atoms with Gasteiger partial charge in [0.25, 0.3) is 5.91 Å². The Morgan fingerprint density at radius 1 is 1.10 bits per heavy atom. The van der Waals surface area contributed by atoms with Gasteiger partial charge in [0.05, 0.1) is 29.0 Å². The Morgan fingerprint density at radius 2 is 1.90 bits per heavy atom. The average molecular weight is 421 g/mol. The number of amides is 2. The van der Waals surface area contributed by atoms with Crippen LogP contribution in [0, 0.1) is 6.92 Å². The standard InChI is InChI=1S/C21H17ClN6O2/c1-13-18(9-14-8-15(22)2-7-19(14)26-13)21(30)24-10-20(29)27-16-3-5-17(6-4-16)28-12-23-11-25-28/h2-9,11-12H,10H2,1H3,(H,24,30)(H,27,29). The first-order valence-electron chi connectivity index (χ1n) is 9.09. The van der Waals surface area contributed by atoms with Crippen molar-refractivity contribution in [3.63, 3.8) is 0 Å². The van der Waals surface area contributed by atoms with Crippen LogP contribution in [0.25, 0.3) is 16.6 Å². The number of carbonyl (C=O) groups excluding carboxylic acids is 2. The third-order valence-electron chi connectivity index (χ3n) is 4.46. The van der Waals surface area contributed by atoms with E-state index in [0.29, 0.717) is 22.0 Å². The monoisotopic (exact) mass is 420 g/mol. The number of anilines is 1. The molecule has 0 aliphatic carbocycles. The molecule has 0 saturated heterocycles. The number of rotatable bonds is 5. The van der Waals surface area contributed by atoms with Gasteiger partial charge in [0.15, 0.2) is 0 Å². The number of halogens is 1. The Balaban J connectivity index is 1.38. The van der Waals surface area contributed by atoms with Gasteiger partial charge in [-0.15, -0.1) is 0 Å². The lowest BCUT2D eigenvalue weighted by atomic mass is 10.1. The van der Waals surface area contributed by atoms with Gasteiger partial charge in [-0.3, -0.25) is 14.6 Å². The normalized spacial score (nSPS) is 10.7. The second-order valence-electron chi connectivity index (χ2n) is 6.58. The number of hydrogen-bond donors (Lipinski definition) is 2. The van der Waals surface area contributed by atoms with Gasteiger partial charge in [0.1, 0.15) is 12.7 Å². The molecule has 150 valence electrons. The van der Waals surface area contributed by atoms with Crippen LogP contribution >= 0.6 is 11.6 Å². The third kappa shape index (κ3) is 4.28. The maximum atomic E-state index is 12.5. The molecule has 0 aliphatic rings. The molecule has 0 radical (unpaired) electrons. The second-order valence-corrected chi connectivity index (χ2v) is 7.01. The molecule has 0 unspecified atom stereocenters. The maximum absolute atomic E-state index is 12.5. The van der Waals surface area contributed by atoms with Crippen molar-refractivity contribution in [3.8, 4) is 5.69 Å². The van der Waals surface area contributed by atoms with E-state index in [2.05, 4.69) is 25.7 Å². The molecule has 2 heterocycles. The Hall–Kier alpha value is -3.78. The van der Waals surface area contributed by atoms with Crippen molar-refractivity contribution >= 4 is 40.0 Å². The highest BCUT2D eigenvalue weighted by atomic mass is 35.5. The van der Waals surface area contributed by atoms with Crippen molar-refractivity contribution in [2.45, 2.75) is 6.92 Å². The minimum Gasteiger partial charge on any atom is -0.343 e. The summed E-state index contributed by atoms with van der Waals surface area (Å²) < 4.78 is 1.61. The number of hydrogen-bond acceptors (Lipinski definition) is 5. The number of aryl methyl sites for hydroxylation is 1. The average Bonchev–Trinajstić information content (AvgIpc) is 3.27. The molecule has 0 saturated carbocycles. The summed E-state index contributed by atoms with van der Waals surface area (Å²) in [6, 6.07) is 14.1. The number of nitrogens with zero attached hydrogens (tertiary/aromatic N) is 4. The summed E-state index contributed by atoms with van der Waals surface area (Å²) in [5.41, 5.74) is 3.15. The lowest BCUT2D eigenvalue weighted by molar-refractivity contribution is -0.115. The molecule has 4 rings (SSSR count). The van der Waals surface area contributed by atoms with Crippen LogP contribution in [0.1, 0.15) is 16.1 Å². The van der Waals surface area contributed by atoms with E-state index >= 15 is 0 Å². The van der Waals surface area contributed by atoms with Gasteiger partial charge in [-0.05, 0) is 55.5 Å². The highest BCUT2D eigenvalue weighted by Gasteiger charge is 2.13. The molecular weight excluding hydrogens is 404 g/mol. The summed E-state index contributed by atoms with van der Waals surface area (Å²) in [4.78, 5) is 33.1. The van der Waals surface area contributed by atoms with Crippen LogP contribution in [0.3, 0.4) is 0 Å². The fourth-order valence-electron chi connectivity index (χ4n) is 2.97. The van der Waals surface area contributed by atoms with Gasteiger partial charge in [-0.2, -0.15) is 5.10 Å². The van der Waals surface area contributed by atoms with Crippen LogP contribution in [-0.2, 0) is 4.79 Å². The van der Waals surface area contributed by atoms with Crippen molar-refractivity contribution < 1.29 is 9.59 Å². The molecule has 0 spiro atoms. The molecule has 0 atom stereocenters. The van der Waals surface area contributed by atoms with Crippen LogP contribution in [0.5, 0.6) is 0 Å². The van der Waals surface area contributed by atoms with Crippen molar-refractivity contribution in [2.24, 2.45) is 0 Å². The summed E-state index contributed by atoms with van der Waals surface area (Å²) in [7, 11) is 0. The highest BCUT2D eigenvalue weighted by molar-refractivity contribution is 6.31. The molecule has 4 aromatic rings. The van der Waals surface area contributed by atoms with Gasteiger partial charge in [0.2, 0.25) is 5.91 Å². The zero-order valence-electron chi connectivity index (χ0n) is 16.0. The SMILES string of the molecule is Cc1nc2ccc(Cl)cc2cc1C(=O)NCC(=O)Nc1ccc(-n2cncn2)cc1. The summed E-state index contributed by atoms with van der Waals surface area (Å²) in [6.07, 6.45) is 3.03. The molecule has 2 N–H and O–H groups in total. The van der Waals surface area contributed by atoms with E-state index in [1.165, 1.54) is 6.33 Å². The smallest absolute Gasteiger partial charge is 0.253 e. The van der Waals surface area contributed by atoms with Crippen molar-refractivity contribution in [1.29, 1.82) is 0 Å². The highest BCUT2D eigenvalue weighted by Crippen LogP contribution is 2.20. The van der Waals surface area contributed by atoms with Gasteiger partial charge < -0.3 is 10.6 Å². The van der Waals surface area contributed by atoms with E-state index < -0.39 is 0 Å². The molecule has 0 bridgehead atoms. The van der Waals surface area contributed by atoms with Gasteiger partial charge in [-0.1, -0.05) is 11.6 Å². The lowest BCUT2D eigenvalue weighted by Crippen LogP contribution is -2.33. The molecule has 2 aromatic carbocycles. The fourth-order valence-corrected chi connectivity index (χ4v) is 3.15. The number of pyridine rings is 1. The van der Waals surface area contributed by atoms with Crippen LogP contribution < -0.4 is 10.6 Å². The second kappa shape index (κ2) is 8.30. The first kappa shape index (κ1) is 19.5. The number of fused-ring (bicyclic) bond motifs is 1. The molecule has 30 heavy (non-hydrogen) atoms. The first-order chi connectivity index (χ1) is 14.5. The quantitative estimate of drug-likeness (QED) is 0.516. The van der Waals surface area contributed by atoms with E-state index in [1.807, 2.05) is 0 Å². The zero-order chi connectivity index (χ0) is 21.1.